The molecule has 1 aliphatic rings. The SMILES string of the molecule is Cc1ccc([C@H]2CC(=O)c3c(N)ncnc3C2)cc1. The van der Waals surface area contributed by atoms with E-state index in [1.807, 2.05) is 0 Å². The van der Waals surface area contributed by atoms with Crippen LogP contribution < -0.4 is 5.73 Å². The molecule has 1 atom stereocenters. The number of hydrogen-bond acceptors (Lipinski definition) is 4. The minimum atomic E-state index is 0.0462. The molecule has 0 amide bonds. The zero-order valence-corrected chi connectivity index (χ0v) is 10.8. The molecular weight excluding hydrogens is 238 g/mol. The predicted octanol–water partition coefficient (Wildman–Crippen LogP) is 2.28. The molecule has 0 unspecified atom stereocenters. The lowest BCUT2D eigenvalue weighted by Crippen LogP contribution is -2.22. The number of nitrogens with zero attached hydrogens (tertiary/aromatic N) is 2. The number of hydrogen-bond donors (Lipinski definition) is 1. The van der Waals surface area contributed by atoms with E-state index < -0.39 is 0 Å². The minimum Gasteiger partial charge on any atom is -0.383 e. The van der Waals surface area contributed by atoms with Gasteiger partial charge in [0.25, 0.3) is 0 Å². The van der Waals surface area contributed by atoms with E-state index in [4.69, 9.17) is 5.73 Å². The molecule has 2 aromatic rings. The van der Waals surface area contributed by atoms with Crippen molar-refractivity contribution in [2.75, 3.05) is 5.73 Å². The van der Waals surface area contributed by atoms with Crippen LogP contribution in [-0.2, 0) is 6.42 Å². The highest BCUT2D eigenvalue weighted by molar-refractivity contribution is 6.02. The standard InChI is InChI=1S/C15H15N3O/c1-9-2-4-10(5-3-9)11-6-12-14(13(19)7-11)15(16)18-8-17-12/h2-5,8,11H,6-7H2,1H3,(H2,16,17,18)/t11-/m1/s1. The third-order valence-corrected chi connectivity index (χ3v) is 3.65. The maximum Gasteiger partial charge on any atom is 0.169 e. The van der Waals surface area contributed by atoms with Crippen LogP contribution in [0.3, 0.4) is 0 Å². The lowest BCUT2D eigenvalue weighted by atomic mass is 9.81. The molecule has 0 bridgehead atoms. The van der Waals surface area contributed by atoms with Crippen LogP contribution in [0.4, 0.5) is 5.82 Å². The highest BCUT2D eigenvalue weighted by Gasteiger charge is 2.29. The number of carbonyl (C=O) groups is 1. The Bertz CT molecular complexity index is 634. The number of Topliss-reactive ketones (excluding diaryl/α,β-unsaturated/α-hetero) is 1. The first kappa shape index (κ1) is 11.8. The third-order valence-electron chi connectivity index (χ3n) is 3.65. The summed E-state index contributed by atoms with van der Waals surface area (Å²) < 4.78 is 0. The van der Waals surface area contributed by atoms with Crippen molar-refractivity contribution < 1.29 is 4.79 Å². The first-order chi connectivity index (χ1) is 9.15. The molecule has 96 valence electrons. The van der Waals surface area contributed by atoms with Gasteiger partial charge < -0.3 is 5.73 Å². The van der Waals surface area contributed by atoms with Gasteiger partial charge in [-0.2, -0.15) is 0 Å². The molecule has 1 aromatic carbocycles. The number of benzene rings is 1. The average molecular weight is 253 g/mol. The molecule has 3 rings (SSSR count). The van der Waals surface area contributed by atoms with Crippen molar-refractivity contribution in [3.63, 3.8) is 0 Å². The van der Waals surface area contributed by atoms with E-state index >= 15 is 0 Å². The topological polar surface area (TPSA) is 68.9 Å². The highest BCUT2D eigenvalue weighted by atomic mass is 16.1. The normalized spacial score (nSPS) is 18.2. The molecule has 0 aliphatic heterocycles. The zero-order chi connectivity index (χ0) is 13.4. The number of rotatable bonds is 1. The van der Waals surface area contributed by atoms with E-state index in [0.29, 0.717) is 17.8 Å². The van der Waals surface area contributed by atoms with Crippen LogP contribution in [0.2, 0.25) is 0 Å². The lowest BCUT2D eigenvalue weighted by Gasteiger charge is -2.23. The van der Waals surface area contributed by atoms with Crippen molar-refractivity contribution in [2.45, 2.75) is 25.7 Å². The molecule has 0 radical (unpaired) electrons. The van der Waals surface area contributed by atoms with Crippen LogP contribution in [0, 0.1) is 6.92 Å². The molecule has 0 saturated heterocycles. The van der Waals surface area contributed by atoms with Gasteiger partial charge in [-0.1, -0.05) is 29.8 Å². The van der Waals surface area contributed by atoms with Gasteiger partial charge in [-0.25, -0.2) is 9.97 Å². The molecular formula is C15H15N3O. The van der Waals surface area contributed by atoms with Crippen molar-refractivity contribution in [3.8, 4) is 0 Å². The first-order valence-corrected chi connectivity index (χ1v) is 6.34. The van der Waals surface area contributed by atoms with Gasteiger partial charge in [0.05, 0.1) is 11.3 Å². The fourth-order valence-electron chi connectivity index (χ4n) is 2.60. The Balaban J connectivity index is 1.97. The second-order valence-corrected chi connectivity index (χ2v) is 5.02. The van der Waals surface area contributed by atoms with Gasteiger partial charge >= 0.3 is 0 Å². The molecule has 2 N–H and O–H groups in total. The maximum absolute atomic E-state index is 12.2. The lowest BCUT2D eigenvalue weighted by molar-refractivity contribution is 0.0963. The van der Waals surface area contributed by atoms with Crippen LogP contribution in [-0.4, -0.2) is 15.8 Å². The van der Waals surface area contributed by atoms with Gasteiger partial charge in [0.2, 0.25) is 0 Å². The monoisotopic (exact) mass is 253 g/mol. The Morgan fingerprint density at radius 3 is 2.63 bits per heavy atom. The summed E-state index contributed by atoms with van der Waals surface area (Å²) in [5.74, 6) is 0.539. The van der Waals surface area contributed by atoms with Gasteiger partial charge in [-0.15, -0.1) is 0 Å². The molecule has 1 aliphatic carbocycles. The number of ketones is 1. The zero-order valence-electron chi connectivity index (χ0n) is 10.8. The van der Waals surface area contributed by atoms with Crippen molar-refractivity contribution in [2.24, 2.45) is 0 Å². The van der Waals surface area contributed by atoms with Crippen LogP contribution in [0.5, 0.6) is 0 Å². The largest absolute Gasteiger partial charge is 0.383 e. The predicted molar refractivity (Wildman–Crippen MR) is 73.0 cm³/mol. The molecule has 0 saturated carbocycles. The maximum atomic E-state index is 12.2. The van der Waals surface area contributed by atoms with Gasteiger partial charge in [0.1, 0.15) is 12.1 Å². The van der Waals surface area contributed by atoms with Gasteiger partial charge in [0, 0.05) is 6.42 Å². The number of fused-ring (bicyclic) bond motifs is 1. The summed E-state index contributed by atoms with van der Waals surface area (Å²) in [7, 11) is 0. The quantitative estimate of drug-likeness (QED) is 0.846. The molecule has 0 spiro atoms. The number of nitrogens with two attached hydrogens (primary N) is 1. The number of carbonyl (C=O) groups excluding carboxylic acids is 1. The number of nitrogen functional groups attached to an aromatic ring is 1. The van der Waals surface area contributed by atoms with Crippen molar-refractivity contribution in [3.05, 3.63) is 53.0 Å². The van der Waals surface area contributed by atoms with Gasteiger partial charge in [0.15, 0.2) is 5.78 Å². The van der Waals surface area contributed by atoms with E-state index in [0.717, 1.165) is 12.1 Å². The van der Waals surface area contributed by atoms with E-state index in [1.165, 1.54) is 17.5 Å². The molecule has 19 heavy (non-hydrogen) atoms. The second kappa shape index (κ2) is 4.46. The van der Waals surface area contributed by atoms with Crippen LogP contribution in [0.1, 0.15) is 39.5 Å². The first-order valence-electron chi connectivity index (χ1n) is 6.34. The molecule has 0 fully saturated rings. The minimum absolute atomic E-state index is 0.0462. The van der Waals surface area contributed by atoms with Crippen LogP contribution in [0.15, 0.2) is 30.6 Å². The summed E-state index contributed by atoms with van der Waals surface area (Å²) in [6, 6.07) is 8.32. The second-order valence-electron chi connectivity index (χ2n) is 5.02. The van der Waals surface area contributed by atoms with Crippen LogP contribution in [0.25, 0.3) is 0 Å². The van der Waals surface area contributed by atoms with Crippen molar-refractivity contribution in [1.82, 2.24) is 9.97 Å². The van der Waals surface area contributed by atoms with E-state index in [-0.39, 0.29) is 11.7 Å². The molecule has 4 heteroatoms. The fourth-order valence-corrected chi connectivity index (χ4v) is 2.60. The van der Waals surface area contributed by atoms with E-state index in [9.17, 15) is 4.79 Å². The summed E-state index contributed by atoms with van der Waals surface area (Å²) in [6.07, 6.45) is 2.66. The van der Waals surface area contributed by atoms with E-state index in [2.05, 4.69) is 41.2 Å². The average Bonchev–Trinajstić information content (AvgIpc) is 2.39. The summed E-state index contributed by atoms with van der Waals surface area (Å²) in [5, 5.41) is 0. The molecule has 4 nitrogen and oxygen atoms in total. The Kier molecular flexibility index (Phi) is 2.78. The molecule has 1 aromatic heterocycles. The Morgan fingerprint density at radius 2 is 1.89 bits per heavy atom. The number of aryl methyl sites for hydroxylation is 1. The summed E-state index contributed by atoms with van der Waals surface area (Å²) in [4.78, 5) is 20.3. The Labute approximate surface area is 111 Å². The summed E-state index contributed by atoms with van der Waals surface area (Å²) >= 11 is 0. The number of aromatic nitrogens is 2. The van der Waals surface area contributed by atoms with Crippen molar-refractivity contribution in [1.29, 1.82) is 0 Å². The highest BCUT2D eigenvalue weighted by Crippen LogP contribution is 2.33. The van der Waals surface area contributed by atoms with Gasteiger partial charge in [-0.05, 0) is 24.8 Å². The fraction of sp³-hybridized carbons (Fsp3) is 0.267. The van der Waals surface area contributed by atoms with Crippen molar-refractivity contribution >= 4 is 11.6 Å². The summed E-state index contributed by atoms with van der Waals surface area (Å²) in [6.45, 7) is 2.05. The molecule has 1 heterocycles. The smallest absolute Gasteiger partial charge is 0.169 e. The van der Waals surface area contributed by atoms with E-state index in [1.54, 1.807) is 0 Å². The Hall–Kier alpha value is -2.23. The summed E-state index contributed by atoms with van der Waals surface area (Å²) in [5.41, 5.74) is 9.46. The van der Waals surface area contributed by atoms with Crippen LogP contribution >= 0.6 is 0 Å². The third kappa shape index (κ3) is 2.10. The Morgan fingerprint density at radius 1 is 1.16 bits per heavy atom. The van der Waals surface area contributed by atoms with Gasteiger partial charge in [-0.3, -0.25) is 4.79 Å². The number of anilines is 1.